The molecule has 20 heavy (non-hydrogen) atoms. The molecular formula is C14H22N2O3S. The van der Waals surface area contributed by atoms with Crippen LogP contribution in [0.2, 0.25) is 0 Å². The lowest BCUT2D eigenvalue weighted by Crippen LogP contribution is -2.45. The predicted molar refractivity (Wildman–Crippen MR) is 78.5 cm³/mol. The number of amides is 1. The smallest absolute Gasteiger partial charge is 0.230 e. The topological polar surface area (TPSA) is 75.4 Å². The third-order valence-corrected chi connectivity index (χ3v) is 4.70. The third-order valence-electron chi connectivity index (χ3n) is 3.74. The summed E-state index contributed by atoms with van der Waals surface area (Å²) in [5, 5.41) is 16.6. The Kier molecular flexibility index (Phi) is 5.48. The van der Waals surface area contributed by atoms with Crippen LogP contribution in [-0.2, 0) is 10.5 Å². The van der Waals surface area contributed by atoms with Crippen molar-refractivity contribution < 1.29 is 14.4 Å². The lowest BCUT2D eigenvalue weighted by atomic mass is 9.93. The lowest BCUT2D eigenvalue weighted by Gasteiger charge is -2.28. The van der Waals surface area contributed by atoms with Crippen molar-refractivity contribution in [3.8, 4) is 0 Å². The van der Waals surface area contributed by atoms with Gasteiger partial charge in [0.25, 0.3) is 0 Å². The summed E-state index contributed by atoms with van der Waals surface area (Å²) >= 11 is 1.54. The Morgan fingerprint density at radius 3 is 2.85 bits per heavy atom. The van der Waals surface area contributed by atoms with Crippen molar-refractivity contribution in [2.75, 3.05) is 5.75 Å². The number of aryl methyl sites for hydroxylation is 2. The first-order valence-electron chi connectivity index (χ1n) is 7.05. The average molecular weight is 298 g/mol. The molecule has 1 heterocycles. The maximum Gasteiger partial charge on any atom is 0.230 e. The highest BCUT2D eigenvalue weighted by atomic mass is 32.2. The van der Waals surface area contributed by atoms with E-state index in [0.29, 0.717) is 5.75 Å². The third kappa shape index (κ3) is 3.99. The highest BCUT2D eigenvalue weighted by molar-refractivity contribution is 7.99. The van der Waals surface area contributed by atoms with Crippen LogP contribution in [0.5, 0.6) is 0 Å². The summed E-state index contributed by atoms with van der Waals surface area (Å²) in [5.41, 5.74) is 1.96. The Morgan fingerprint density at radius 1 is 1.45 bits per heavy atom. The van der Waals surface area contributed by atoms with Gasteiger partial charge in [-0.2, -0.15) is 0 Å². The number of aliphatic hydroxyl groups excluding tert-OH is 1. The Balaban J connectivity index is 1.72. The first-order valence-corrected chi connectivity index (χ1v) is 8.20. The van der Waals surface area contributed by atoms with Gasteiger partial charge in [-0.05, 0) is 26.7 Å². The first kappa shape index (κ1) is 15.4. The number of nitrogens with one attached hydrogen (secondary N) is 1. The van der Waals surface area contributed by atoms with Crippen molar-refractivity contribution in [2.45, 2.75) is 57.4 Å². The number of hydrogen-bond acceptors (Lipinski definition) is 5. The minimum absolute atomic E-state index is 0.00675. The van der Waals surface area contributed by atoms with Gasteiger partial charge in [-0.1, -0.05) is 18.0 Å². The van der Waals surface area contributed by atoms with Crippen molar-refractivity contribution in [3.05, 3.63) is 17.0 Å². The van der Waals surface area contributed by atoms with Crippen LogP contribution in [0.25, 0.3) is 0 Å². The molecule has 2 N–H and O–H groups in total. The second-order valence-electron chi connectivity index (χ2n) is 5.32. The Hall–Kier alpha value is -1.01. The maximum atomic E-state index is 11.9. The summed E-state index contributed by atoms with van der Waals surface area (Å²) in [6.07, 6.45) is 3.40. The molecule has 1 saturated carbocycles. The standard InChI is InChI=1S/C14H22N2O3S/c1-9-11(10(2)19-16-9)7-20-8-14(18)15-12-5-3-4-6-13(12)17/h12-13,17H,3-8H2,1-2H3,(H,15,18)/t12-,13-/m0/s1. The van der Waals surface area contributed by atoms with Gasteiger partial charge in [0.2, 0.25) is 5.91 Å². The second kappa shape index (κ2) is 7.13. The molecule has 0 radical (unpaired) electrons. The van der Waals surface area contributed by atoms with Gasteiger partial charge in [-0.3, -0.25) is 4.79 Å². The van der Waals surface area contributed by atoms with Crippen LogP contribution in [0.1, 0.15) is 42.7 Å². The van der Waals surface area contributed by atoms with Crippen LogP contribution >= 0.6 is 11.8 Å². The van der Waals surface area contributed by atoms with E-state index < -0.39 is 0 Å². The van der Waals surface area contributed by atoms with Gasteiger partial charge in [-0.15, -0.1) is 11.8 Å². The Bertz CT molecular complexity index is 442. The van der Waals surface area contributed by atoms with E-state index in [1.54, 1.807) is 11.8 Å². The molecule has 0 spiro atoms. The zero-order valence-electron chi connectivity index (χ0n) is 12.0. The molecule has 0 aliphatic heterocycles. The van der Waals surface area contributed by atoms with Crippen LogP contribution in [0.15, 0.2) is 4.52 Å². The van der Waals surface area contributed by atoms with Crippen molar-refractivity contribution in [3.63, 3.8) is 0 Å². The number of hydrogen-bond donors (Lipinski definition) is 2. The van der Waals surface area contributed by atoms with Crippen LogP contribution in [0.4, 0.5) is 0 Å². The van der Waals surface area contributed by atoms with Crippen LogP contribution < -0.4 is 5.32 Å². The van der Waals surface area contributed by atoms with E-state index in [9.17, 15) is 9.90 Å². The number of nitrogens with zero attached hydrogens (tertiary/aromatic N) is 1. The summed E-state index contributed by atoms with van der Waals surface area (Å²) in [6, 6.07) is -0.0732. The number of aromatic nitrogens is 1. The molecule has 6 heteroatoms. The Labute approximate surface area is 123 Å². The largest absolute Gasteiger partial charge is 0.391 e. The molecule has 1 aliphatic carbocycles. The zero-order valence-corrected chi connectivity index (χ0v) is 12.8. The molecule has 1 amide bonds. The fraction of sp³-hybridized carbons (Fsp3) is 0.714. The number of carbonyl (C=O) groups is 1. The minimum atomic E-state index is -0.389. The molecule has 0 aromatic carbocycles. The molecule has 0 unspecified atom stereocenters. The van der Waals surface area contributed by atoms with Gasteiger partial charge in [0.05, 0.1) is 23.6 Å². The van der Waals surface area contributed by atoms with Gasteiger partial charge in [0, 0.05) is 11.3 Å². The summed E-state index contributed by atoms with van der Waals surface area (Å²) < 4.78 is 5.09. The van der Waals surface area contributed by atoms with Gasteiger partial charge in [0.15, 0.2) is 0 Å². The molecular weight excluding hydrogens is 276 g/mol. The quantitative estimate of drug-likeness (QED) is 0.869. The molecule has 0 bridgehead atoms. The molecule has 1 aromatic heterocycles. The average Bonchev–Trinajstić information content (AvgIpc) is 2.73. The fourth-order valence-corrected chi connectivity index (χ4v) is 3.47. The molecule has 1 aromatic rings. The Morgan fingerprint density at radius 2 is 2.20 bits per heavy atom. The molecule has 1 fully saturated rings. The van der Waals surface area contributed by atoms with E-state index >= 15 is 0 Å². The second-order valence-corrected chi connectivity index (χ2v) is 6.31. The number of rotatable bonds is 5. The summed E-state index contributed by atoms with van der Waals surface area (Å²) in [4.78, 5) is 11.9. The van der Waals surface area contributed by atoms with E-state index in [0.717, 1.165) is 48.5 Å². The van der Waals surface area contributed by atoms with Crippen LogP contribution in [0.3, 0.4) is 0 Å². The maximum absolute atomic E-state index is 11.9. The first-order chi connectivity index (χ1) is 9.58. The molecule has 112 valence electrons. The van der Waals surface area contributed by atoms with Crippen LogP contribution in [-0.4, -0.2) is 34.1 Å². The van der Waals surface area contributed by atoms with Crippen molar-refractivity contribution >= 4 is 17.7 Å². The highest BCUT2D eigenvalue weighted by Gasteiger charge is 2.24. The van der Waals surface area contributed by atoms with Crippen molar-refractivity contribution in [1.82, 2.24) is 10.5 Å². The molecule has 1 aliphatic rings. The number of aliphatic hydroxyl groups is 1. The van der Waals surface area contributed by atoms with Gasteiger partial charge in [-0.25, -0.2) is 0 Å². The number of carbonyl (C=O) groups excluding carboxylic acids is 1. The summed E-state index contributed by atoms with van der Waals surface area (Å²) in [6.45, 7) is 3.79. The van der Waals surface area contributed by atoms with E-state index in [4.69, 9.17) is 4.52 Å². The van der Waals surface area contributed by atoms with E-state index in [2.05, 4.69) is 10.5 Å². The zero-order chi connectivity index (χ0) is 14.5. The van der Waals surface area contributed by atoms with E-state index in [1.807, 2.05) is 13.8 Å². The van der Waals surface area contributed by atoms with Gasteiger partial charge >= 0.3 is 0 Å². The van der Waals surface area contributed by atoms with E-state index in [1.165, 1.54) is 0 Å². The molecule has 2 atom stereocenters. The molecule has 0 saturated heterocycles. The predicted octanol–water partition coefficient (Wildman–Crippen LogP) is 1.94. The van der Waals surface area contributed by atoms with E-state index in [-0.39, 0.29) is 18.1 Å². The van der Waals surface area contributed by atoms with Crippen molar-refractivity contribution in [1.29, 1.82) is 0 Å². The highest BCUT2D eigenvalue weighted by Crippen LogP contribution is 2.20. The van der Waals surface area contributed by atoms with Crippen LogP contribution in [0, 0.1) is 13.8 Å². The van der Waals surface area contributed by atoms with Crippen molar-refractivity contribution in [2.24, 2.45) is 0 Å². The molecule has 2 rings (SSSR count). The normalized spacial score (nSPS) is 22.8. The van der Waals surface area contributed by atoms with Gasteiger partial charge < -0.3 is 14.9 Å². The lowest BCUT2D eigenvalue weighted by molar-refractivity contribution is -0.120. The minimum Gasteiger partial charge on any atom is -0.391 e. The summed E-state index contributed by atoms with van der Waals surface area (Å²) in [7, 11) is 0. The number of thioether (sulfide) groups is 1. The SMILES string of the molecule is Cc1noc(C)c1CSCC(=O)N[C@H]1CCCC[C@@H]1O. The fourth-order valence-electron chi connectivity index (χ4n) is 2.48. The molecule has 5 nitrogen and oxygen atoms in total. The van der Waals surface area contributed by atoms with Gasteiger partial charge in [0.1, 0.15) is 5.76 Å². The summed E-state index contributed by atoms with van der Waals surface area (Å²) in [5.74, 6) is 1.93. The monoisotopic (exact) mass is 298 g/mol.